The van der Waals surface area contributed by atoms with Gasteiger partial charge in [-0.05, 0) is 19.1 Å². The predicted molar refractivity (Wildman–Crippen MR) is 74.9 cm³/mol. The van der Waals surface area contributed by atoms with Crippen molar-refractivity contribution in [1.82, 2.24) is 5.32 Å². The number of nitrogens with one attached hydrogen (secondary N) is 1. The molecule has 2 aliphatic rings. The molecule has 0 amide bonds. The maximum atomic E-state index is 5.37. The van der Waals surface area contributed by atoms with Gasteiger partial charge in [-0.2, -0.15) is 0 Å². The van der Waals surface area contributed by atoms with Crippen LogP contribution in [-0.2, 0) is 0 Å². The molecule has 2 heterocycles. The lowest BCUT2D eigenvalue weighted by Gasteiger charge is -2.47. The minimum Gasteiger partial charge on any atom is -0.497 e. The molecule has 0 aliphatic carbocycles. The number of nitrogens with zero attached hydrogens (tertiary/aromatic N) is 2. The lowest BCUT2D eigenvalue weighted by atomic mass is 10.0. The van der Waals surface area contributed by atoms with Crippen LogP contribution in [0.25, 0.3) is 0 Å². The summed E-state index contributed by atoms with van der Waals surface area (Å²) in [5.41, 5.74) is 2.67. The Balaban J connectivity index is 2.03. The molecule has 4 nitrogen and oxygen atoms in total. The third-order valence-electron chi connectivity index (χ3n) is 4.00. The van der Waals surface area contributed by atoms with Gasteiger partial charge in [0.05, 0.1) is 24.5 Å². The first-order valence-corrected chi connectivity index (χ1v) is 6.74. The fraction of sp³-hybridized carbons (Fsp3) is 0.571. The van der Waals surface area contributed by atoms with Crippen molar-refractivity contribution in [1.29, 1.82) is 0 Å². The second-order valence-electron chi connectivity index (χ2n) is 4.94. The van der Waals surface area contributed by atoms with Crippen LogP contribution in [0.4, 0.5) is 11.4 Å². The van der Waals surface area contributed by atoms with E-state index in [0.29, 0.717) is 6.04 Å². The van der Waals surface area contributed by atoms with Gasteiger partial charge in [-0.3, -0.25) is 0 Å². The van der Waals surface area contributed by atoms with E-state index in [9.17, 15) is 0 Å². The topological polar surface area (TPSA) is 27.7 Å². The van der Waals surface area contributed by atoms with Crippen molar-refractivity contribution in [2.45, 2.75) is 13.0 Å². The van der Waals surface area contributed by atoms with Gasteiger partial charge in [-0.25, -0.2) is 0 Å². The number of methoxy groups -OCH3 is 1. The third-order valence-corrected chi connectivity index (χ3v) is 4.00. The van der Waals surface area contributed by atoms with Gasteiger partial charge < -0.3 is 19.9 Å². The molecule has 4 heteroatoms. The highest BCUT2D eigenvalue weighted by molar-refractivity contribution is 5.76. The van der Waals surface area contributed by atoms with E-state index in [2.05, 4.69) is 40.2 Å². The van der Waals surface area contributed by atoms with Crippen LogP contribution in [0.1, 0.15) is 6.92 Å². The number of hydrogen-bond donors (Lipinski definition) is 1. The van der Waals surface area contributed by atoms with Gasteiger partial charge >= 0.3 is 0 Å². The quantitative estimate of drug-likeness (QED) is 0.853. The molecular weight excluding hydrogens is 226 g/mol. The van der Waals surface area contributed by atoms with Gasteiger partial charge in [-0.15, -0.1) is 0 Å². The van der Waals surface area contributed by atoms with Crippen molar-refractivity contribution in [2.24, 2.45) is 0 Å². The molecule has 2 aliphatic heterocycles. The molecule has 0 saturated carbocycles. The average Bonchev–Trinajstić information content (AvgIpc) is 2.45. The fourth-order valence-electron chi connectivity index (χ4n) is 3.02. The summed E-state index contributed by atoms with van der Waals surface area (Å²) < 4.78 is 5.37. The molecule has 98 valence electrons. The van der Waals surface area contributed by atoms with E-state index in [1.165, 1.54) is 11.4 Å². The highest BCUT2D eigenvalue weighted by Gasteiger charge is 2.31. The van der Waals surface area contributed by atoms with Crippen molar-refractivity contribution >= 4 is 11.4 Å². The van der Waals surface area contributed by atoms with E-state index < -0.39 is 0 Å². The summed E-state index contributed by atoms with van der Waals surface area (Å²) in [4.78, 5) is 4.99. The highest BCUT2D eigenvalue weighted by atomic mass is 16.5. The van der Waals surface area contributed by atoms with Gasteiger partial charge in [0, 0.05) is 38.8 Å². The van der Waals surface area contributed by atoms with E-state index in [0.717, 1.165) is 38.5 Å². The summed E-state index contributed by atoms with van der Waals surface area (Å²) in [5, 5.41) is 3.49. The van der Waals surface area contributed by atoms with Crippen molar-refractivity contribution in [3.63, 3.8) is 0 Å². The lowest BCUT2D eigenvalue weighted by molar-refractivity contribution is 0.413. The molecule has 18 heavy (non-hydrogen) atoms. The number of hydrogen-bond acceptors (Lipinski definition) is 4. The maximum Gasteiger partial charge on any atom is 0.121 e. The number of fused-ring (bicyclic) bond motifs is 3. The number of likely N-dealkylation sites (N-methyl/N-ethyl adjacent to an activating group) is 1. The van der Waals surface area contributed by atoms with Crippen molar-refractivity contribution < 1.29 is 4.74 Å². The SMILES string of the molecule is CCN1CC2CNCCN2c2cc(OC)ccc21. The Kier molecular flexibility index (Phi) is 3.04. The van der Waals surface area contributed by atoms with Crippen LogP contribution in [0.15, 0.2) is 18.2 Å². The van der Waals surface area contributed by atoms with Gasteiger partial charge in [0.2, 0.25) is 0 Å². The van der Waals surface area contributed by atoms with Crippen molar-refractivity contribution in [3.8, 4) is 5.75 Å². The molecule has 1 fully saturated rings. The smallest absolute Gasteiger partial charge is 0.121 e. The Labute approximate surface area is 109 Å². The van der Waals surface area contributed by atoms with E-state index in [-0.39, 0.29) is 0 Å². The van der Waals surface area contributed by atoms with Crippen LogP contribution in [0, 0.1) is 0 Å². The normalized spacial score (nSPS) is 22.4. The molecular formula is C14H21N3O. The summed E-state index contributed by atoms with van der Waals surface area (Å²) in [6, 6.07) is 7.01. The summed E-state index contributed by atoms with van der Waals surface area (Å²) in [7, 11) is 1.73. The number of benzene rings is 1. The van der Waals surface area contributed by atoms with Crippen LogP contribution in [0.5, 0.6) is 5.75 Å². The Hall–Kier alpha value is -1.42. The summed E-state index contributed by atoms with van der Waals surface area (Å²) in [6.45, 7) is 7.63. The van der Waals surface area contributed by atoms with E-state index in [4.69, 9.17) is 4.74 Å². The lowest BCUT2D eigenvalue weighted by Crippen LogP contribution is -2.58. The monoisotopic (exact) mass is 247 g/mol. The largest absolute Gasteiger partial charge is 0.497 e. The molecule has 1 aromatic carbocycles. The van der Waals surface area contributed by atoms with Crippen LogP contribution in [0.2, 0.25) is 0 Å². The zero-order valence-corrected chi connectivity index (χ0v) is 11.1. The molecule has 0 spiro atoms. The Morgan fingerprint density at radius 3 is 3.06 bits per heavy atom. The van der Waals surface area contributed by atoms with Crippen LogP contribution < -0.4 is 19.9 Å². The minimum atomic E-state index is 0.582. The Morgan fingerprint density at radius 1 is 1.39 bits per heavy atom. The van der Waals surface area contributed by atoms with Gasteiger partial charge in [0.15, 0.2) is 0 Å². The number of piperazine rings is 1. The molecule has 0 bridgehead atoms. The van der Waals surface area contributed by atoms with E-state index in [1.54, 1.807) is 7.11 Å². The molecule has 3 rings (SSSR count). The Bertz CT molecular complexity index is 435. The molecule has 0 aromatic heterocycles. The maximum absolute atomic E-state index is 5.37. The molecule has 1 unspecified atom stereocenters. The van der Waals surface area contributed by atoms with Crippen LogP contribution in [-0.4, -0.2) is 45.9 Å². The average molecular weight is 247 g/mol. The standard InChI is InChI=1S/C14H21N3O/c1-3-16-10-11-9-15-6-7-17(11)14-8-12(18-2)4-5-13(14)16/h4-5,8,11,15H,3,6-7,9-10H2,1-2H3. The number of anilines is 2. The van der Waals surface area contributed by atoms with Crippen LogP contribution >= 0.6 is 0 Å². The summed E-state index contributed by atoms with van der Waals surface area (Å²) in [5.74, 6) is 0.948. The fourth-order valence-corrected chi connectivity index (χ4v) is 3.02. The molecule has 1 saturated heterocycles. The molecule has 1 N–H and O–H groups in total. The number of rotatable bonds is 2. The van der Waals surface area contributed by atoms with Crippen molar-refractivity contribution in [3.05, 3.63) is 18.2 Å². The molecule has 1 aromatic rings. The van der Waals surface area contributed by atoms with Gasteiger partial charge in [0.1, 0.15) is 5.75 Å². The summed E-state index contributed by atoms with van der Waals surface area (Å²) in [6.07, 6.45) is 0. The molecule has 1 atom stereocenters. The first-order chi connectivity index (χ1) is 8.83. The zero-order chi connectivity index (χ0) is 12.5. The highest BCUT2D eigenvalue weighted by Crippen LogP contribution is 2.38. The molecule has 0 radical (unpaired) electrons. The van der Waals surface area contributed by atoms with Crippen molar-refractivity contribution in [2.75, 3.05) is 49.6 Å². The predicted octanol–water partition coefficient (Wildman–Crippen LogP) is 1.31. The van der Waals surface area contributed by atoms with E-state index in [1.807, 2.05) is 0 Å². The summed E-state index contributed by atoms with van der Waals surface area (Å²) >= 11 is 0. The minimum absolute atomic E-state index is 0.582. The Morgan fingerprint density at radius 2 is 2.28 bits per heavy atom. The second kappa shape index (κ2) is 4.69. The number of ether oxygens (including phenoxy) is 1. The van der Waals surface area contributed by atoms with Gasteiger partial charge in [0.25, 0.3) is 0 Å². The second-order valence-corrected chi connectivity index (χ2v) is 4.94. The first kappa shape index (κ1) is 11.7. The van der Waals surface area contributed by atoms with Crippen LogP contribution in [0.3, 0.4) is 0 Å². The first-order valence-electron chi connectivity index (χ1n) is 6.74. The van der Waals surface area contributed by atoms with E-state index >= 15 is 0 Å². The third kappa shape index (κ3) is 1.81. The van der Waals surface area contributed by atoms with Gasteiger partial charge in [-0.1, -0.05) is 0 Å². The zero-order valence-electron chi connectivity index (χ0n) is 11.1.